The maximum atomic E-state index is 13.0. The van der Waals surface area contributed by atoms with Crippen molar-refractivity contribution in [2.45, 2.75) is 23.6 Å². The molecular weight excluding hydrogens is 474 g/mol. The van der Waals surface area contributed by atoms with E-state index in [1.54, 1.807) is 38.1 Å². The van der Waals surface area contributed by atoms with Gasteiger partial charge in [0.2, 0.25) is 20.0 Å². The first-order valence-corrected chi connectivity index (χ1v) is 13.6. The van der Waals surface area contributed by atoms with Crippen molar-refractivity contribution in [2.24, 2.45) is 0 Å². The van der Waals surface area contributed by atoms with Crippen LogP contribution >= 0.6 is 11.6 Å². The molecule has 32 heavy (non-hydrogen) atoms. The monoisotopic (exact) mass is 501 g/mol. The number of anilines is 1. The van der Waals surface area contributed by atoms with Gasteiger partial charge in [0.25, 0.3) is 0 Å². The molecule has 11 heteroatoms. The number of ether oxygens (including phenoxy) is 1. The Balaban J connectivity index is 1.84. The lowest BCUT2D eigenvalue weighted by molar-refractivity contribution is 0.378. The summed E-state index contributed by atoms with van der Waals surface area (Å²) in [4.78, 5) is 2.34. The largest absolute Gasteiger partial charge is 0.495 e. The minimum absolute atomic E-state index is 0.188. The van der Waals surface area contributed by atoms with Gasteiger partial charge in [0, 0.05) is 44.3 Å². The summed E-state index contributed by atoms with van der Waals surface area (Å²) in [5.41, 5.74) is 0.629. The number of benzene rings is 2. The molecule has 1 fully saturated rings. The molecule has 0 atom stereocenters. The van der Waals surface area contributed by atoms with E-state index in [1.807, 2.05) is 4.90 Å². The van der Waals surface area contributed by atoms with Gasteiger partial charge in [-0.2, -0.15) is 8.61 Å². The Morgan fingerprint density at radius 3 is 2.00 bits per heavy atom. The predicted octanol–water partition coefficient (Wildman–Crippen LogP) is 2.89. The second-order valence-corrected chi connectivity index (χ2v) is 11.6. The average molecular weight is 502 g/mol. The van der Waals surface area contributed by atoms with Crippen molar-refractivity contribution in [2.75, 3.05) is 51.3 Å². The van der Waals surface area contributed by atoms with E-state index < -0.39 is 20.0 Å². The molecule has 2 aromatic rings. The van der Waals surface area contributed by atoms with E-state index in [-0.39, 0.29) is 22.9 Å². The topological polar surface area (TPSA) is 87.2 Å². The van der Waals surface area contributed by atoms with Crippen LogP contribution in [0.2, 0.25) is 5.02 Å². The van der Waals surface area contributed by atoms with Crippen LogP contribution in [0.1, 0.15) is 13.8 Å². The summed E-state index contributed by atoms with van der Waals surface area (Å²) in [6.07, 6.45) is 0. The average Bonchev–Trinajstić information content (AvgIpc) is 2.79. The molecule has 1 aliphatic rings. The quantitative estimate of drug-likeness (QED) is 0.552. The molecule has 0 saturated carbocycles. The molecule has 8 nitrogen and oxygen atoms in total. The maximum absolute atomic E-state index is 13.0. The molecular formula is C21H28ClN3O5S2. The highest BCUT2D eigenvalue weighted by molar-refractivity contribution is 7.89. The predicted molar refractivity (Wildman–Crippen MR) is 126 cm³/mol. The minimum Gasteiger partial charge on any atom is -0.495 e. The third kappa shape index (κ3) is 4.89. The van der Waals surface area contributed by atoms with E-state index in [9.17, 15) is 16.8 Å². The Morgan fingerprint density at radius 2 is 1.47 bits per heavy atom. The third-order valence-corrected chi connectivity index (χ3v) is 9.73. The van der Waals surface area contributed by atoms with Gasteiger partial charge < -0.3 is 9.64 Å². The molecule has 2 aromatic carbocycles. The van der Waals surface area contributed by atoms with Crippen molar-refractivity contribution in [3.63, 3.8) is 0 Å². The first kappa shape index (κ1) is 24.8. The summed E-state index contributed by atoms with van der Waals surface area (Å²) in [5, 5.41) is 0.473. The number of methoxy groups -OCH3 is 1. The summed E-state index contributed by atoms with van der Waals surface area (Å²) in [7, 11) is -5.74. The van der Waals surface area contributed by atoms with Crippen LogP contribution in [0.25, 0.3) is 0 Å². The van der Waals surface area contributed by atoms with Crippen molar-refractivity contribution in [1.82, 2.24) is 8.61 Å². The normalized spacial score (nSPS) is 15.8. The second kappa shape index (κ2) is 9.96. The second-order valence-electron chi connectivity index (χ2n) is 7.27. The van der Waals surface area contributed by atoms with Crippen molar-refractivity contribution in [3.8, 4) is 5.75 Å². The van der Waals surface area contributed by atoms with Gasteiger partial charge in [0.15, 0.2) is 0 Å². The Kier molecular flexibility index (Phi) is 7.72. The van der Waals surface area contributed by atoms with Crippen molar-refractivity contribution < 1.29 is 21.6 Å². The van der Waals surface area contributed by atoms with Gasteiger partial charge in [0.05, 0.1) is 22.6 Å². The lowest BCUT2D eigenvalue weighted by atomic mass is 10.2. The zero-order valence-electron chi connectivity index (χ0n) is 18.4. The Morgan fingerprint density at radius 1 is 0.906 bits per heavy atom. The molecule has 1 saturated heterocycles. The zero-order valence-corrected chi connectivity index (χ0v) is 20.8. The lowest BCUT2D eigenvalue weighted by Crippen LogP contribution is -2.48. The van der Waals surface area contributed by atoms with Gasteiger partial charge in [-0.05, 0) is 42.5 Å². The molecule has 0 amide bonds. The SMILES string of the molecule is CCN(CC)S(=O)(=O)c1ccc(OC)c(N2CCN(S(=O)(=O)c3ccc(Cl)cc3)CC2)c1. The van der Waals surface area contributed by atoms with Gasteiger partial charge in [0.1, 0.15) is 5.75 Å². The molecule has 0 radical (unpaired) electrons. The van der Waals surface area contributed by atoms with E-state index in [0.29, 0.717) is 42.6 Å². The van der Waals surface area contributed by atoms with Gasteiger partial charge in [-0.3, -0.25) is 0 Å². The summed E-state index contributed by atoms with van der Waals surface area (Å²) in [5.74, 6) is 0.539. The number of sulfonamides is 2. The Hall–Kier alpha value is -1.85. The molecule has 0 aliphatic carbocycles. The molecule has 0 aromatic heterocycles. The first-order chi connectivity index (χ1) is 15.1. The van der Waals surface area contributed by atoms with Gasteiger partial charge in [-0.15, -0.1) is 0 Å². The third-order valence-electron chi connectivity index (χ3n) is 5.52. The van der Waals surface area contributed by atoms with Crippen molar-refractivity contribution >= 4 is 37.3 Å². The Bertz CT molecular complexity index is 1140. The fourth-order valence-corrected chi connectivity index (χ4v) is 6.74. The fourth-order valence-electron chi connectivity index (χ4n) is 3.71. The minimum atomic E-state index is -3.64. The van der Waals surface area contributed by atoms with Crippen LogP contribution in [0.3, 0.4) is 0 Å². The number of nitrogens with zero attached hydrogens (tertiary/aromatic N) is 3. The number of hydrogen-bond acceptors (Lipinski definition) is 6. The van der Waals surface area contributed by atoms with E-state index in [1.165, 1.54) is 33.9 Å². The number of hydrogen-bond donors (Lipinski definition) is 0. The fraction of sp³-hybridized carbons (Fsp3) is 0.429. The van der Waals surface area contributed by atoms with Crippen LogP contribution in [-0.4, -0.2) is 71.8 Å². The first-order valence-electron chi connectivity index (χ1n) is 10.3. The van der Waals surface area contributed by atoms with Crippen LogP contribution in [0.4, 0.5) is 5.69 Å². The Labute approximate surface area is 195 Å². The van der Waals surface area contributed by atoms with E-state index in [4.69, 9.17) is 16.3 Å². The standard InChI is InChI=1S/C21H28ClN3O5S2/c1-4-24(5-2)32(28,29)19-10-11-21(30-3)20(16-19)23-12-14-25(15-13-23)31(26,27)18-8-6-17(22)7-9-18/h6-11,16H,4-5,12-15H2,1-3H3. The summed E-state index contributed by atoms with van der Waals surface area (Å²) < 4.78 is 60.1. The highest BCUT2D eigenvalue weighted by Gasteiger charge is 2.30. The number of rotatable bonds is 8. The smallest absolute Gasteiger partial charge is 0.243 e. The van der Waals surface area contributed by atoms with Crippen LogP contribution in [-0.2, 0) is 20.0 Å². The molecule has 0 spiro atoms. The lowest BCUT2D eigenvalue weighted by Gasteiger charge is -2.36. The molecule has 0 unspecified atom stereocenters. The molecule has 1 heterocycles. The highest BCUT2D eigenvalue weighted by atomic mass is 35.5. The summed E-state index contributed by atoms with van der Waals surface area (Å²) in [6, 6.07) is 10.9. The van der Waals surface area contributed by atoms with Crippen LogP contribution < -0.4 is 9.64 Å². The van der Waals surface area contributed by atoms with E-state index in [2.05, 4.69) is 0 Å². The molecule has 176 valence electrons. The zero-order chi connectivity index (χ0) is 23.5. The summed E-state index contributed by atoms with van der Waals surface area (Å²) in [6.45, 7) is 5.68. The van der Waals surface area contributed by atoms with E-state index >= 15 is 0 Å². The highest BCUT2D eigenvalue weighted by Crippen LogP contribution is 2.33. The van der Waals surface area contributed by atoms with Crippen LogP contribution in [0.15, 0.2) is 52.3 Å². The summed E-state index contributed by atoms with van der Waals surface area (Å²) >= 11 is 5.87. The number of piperazine rings is 1. The van der Waals surface area contributed by atoms with Crippen molar-refractivity contribution in [3.05, 3.63) is 47.5 Å². The molecule has 1 aliphatic heterocycles. The molecule has 0 N–H and O–H groups in total. The van der Waals surface area contributed by atoms with Gasteiger partial charge >= 0.3 is 0 Å². The van der Waals surface area contributed by atoms with Crippen LogP contribution in [0, 0.1) is 0 Å². The van der Waals surface area contributed by atoms with Gasteiger partial charge in [-0.1, -0.05) is 25.4 Å². The molecule has 0 bridgehead atoms. The number of halogens is 1. The van der Waals surface area contributed by atoms with Crippen molar-refractivity contribution in [1.29, 1.82) is 0 Å². The maximum Gasteiger partial charge on any atom is 0.243 e. The molecule has 3 rings (SSSR count). The van der Waals surface area contributed by atoms with Gasteiger partial charge in [-0.25, -0.2) is 16.8 Å². The van der Waals surface area contributed by atoms with E-state index in [0.717, 1.165) is 0 Å². The van der Waals surface area contributed by atoms with Crippen LogP contribution in [0.5, 0.6) is 5.75 Å².